The number of carboxylic acids is 1. The van der Waals surface area contributed by atoms with Crippen molar-refractivity contribution in [1.29, 1.82) is 0 Å². The predicted molar refractivity (Wildman–Crippen MR) is 45.0 cm³/mol. The lowest BCUT2D eigenvalue weighted by Gasteiger charge is -1.98. The Balaban J connectivity index is 2.86. The SMILES string of the molecule is O=C(O)c1ccc(Cl)n2ncnc12. The standard InChI is InChI=1S/C7H4ClN3O2/c8-5-2-1-4(7(12)13)6-9-3-10-11(5)6/h1-3H,(H,12,13). The zero-order valence-corrected chi connectivity index (χ0v) is 7.06. The molecule has 0 unspecified atom stereocenters. The van der Waals surface area contributed by atoms with Crippen molar-refractivity contribution in [2.24, 2.45) is 0 Å². The van der Waals surface area contributed by atoms with Crippen molar-refractivity contribution in [3.8, 4) is 0 Å². The Kier molecular flexibility index (Phi) is 1.66. The van der Waals surface area contributed by atoms with Crippen LogP contribution in [0, 0.1) is 0 Å². The molecule has 1 N–H and O–H groups in total. The molecule has 2 aromatic rings. The van der Waals surface area contributed by atoms with Gasteiger partial charge in [0, 0.05) is 0 Å². The van der Waals surface area contributed by atoms with Crippen molar-refractivity contribution < 1.29 is 9.90 Å². The Hall–Kier alpha value is -1.62. The van der Waals surface area contributed by atoms with Gasteiger partial charge in [0.25, 0.3) is 0 Å². The number of nitrogens with zero attached hydrogens (tertiary/aromatic N) is 3. The summed E-state index contributed by atoms with van der Waals surface area (Å²) in [6, 6.07) is 2.86. The van der Waals surface area contributed by atoms with Crippen molar-refractivity contribution in [3.05, 3.63) is 29.2 Å². The first kappa shape index (κ1) is 8.00. The van der Waals surface area contributed by atoms with Crippen molar-refractivity contribution in [1.82, 2.24) is 14.6 Å². The van der Waals surface area contributed by atoms with Crippen LogP contribution in [0.3, 0.4) is 0 Å². The van der Waals surface area contributed by atoms with Gasteiger partial charge in [0.15, 0.2) is 5.65 Å². The normalized spacial score (nSPS) is 10.5. The summed E-state index contributed by atoms with van der Waals surface area (Å²) >= 11 is 5.74. The van der Waals surface area contributed by atoms with E-state index in [2.05, 4.69) is 10.1 Å². The van der Waals surface area contributed by atoms with Gasteiger partial charge in [0.05, 0.1) is 0 Å². The number of halogens is 1. The third-order valence-corrected chi connectivity index (χ3v) is 1.90. The second-order valence-electron chi connectivity index (χ2n) is 2.37. The number of fused-ring (bicyclic) bond motifs is 1. The number of rotatable bonds is 1. The van der Waals surface area contributed by atoms with Crippen LogP contribution in [0.2, 0.25) is 5.15 Å². The Morgan fingerprint density at radius 2 is 2.31 bits per heavy atom. The summed E-state index contributed by atoms with van der Waals surface area (Å²) < 4.78 is 1.27. The van der Waals surface area contributed by atoms with E-state index in [1.165, 1.54) is 23.0 Å². The van der Waals surface area contributed by atoms with E-state index in [1.807, 2.05) is 0 Å². The highest BCUT2D eigenvalue weighted by Gasteiger charge is 2.11. The first-order valence-corrected chi connectivity index (χ1v) is 3.79. The minimum absolute atomic E-state index is 0.0851. The van der Waals surface area contributed by atoms with Crippen LogP contribution < -0.4 is 0 Å². The third-order valence-electron chi connectivity index (χ3n) is 1.61. The molecule has 0 atom stereocenters. The van der Waals surface area contributed by atoms with Gasteiger partial charge in [-0.25, -0.2) is 14.3 Å². The summed E-state index contributed by atoms with van der Waals surface area (Å²) in [5.74, 6) is -1.05. The molecule has 0 spiro atoms. The molecule has 0 amide bonds. The summed E-state index contributed by atoms with van der Waals surface area (Å²) in [6.07, 6.45) is 1.26. The molecule has 0 saturated carbocycles. The Bertz CT molecular complexity index is 480. The molecule has 0 aliphatic rings. The molecule has 0 fully saturated rings. The van der Waals surface area contributed by atoms with E-state index in [-0.39, 0.29) is 11.2 Å². The fraction of sp³-hybridized carbons (Fsp3) is 0. The van der Waals surface area contributed by atoms with Gasteiger partial charge >= 0.3 is 5.97 Å². The van der Waals surface area contributed by atoms with E-state index < -0.39 is 5.97 Å². The maximum Gasteiger partial charge on any atom is 0.339 e. The van der Waals surface area contributed by atoms with Gasteiger partial charge in [-0.2, -0.15) is 5.10 Å². The third kappa shape index (κ3) is 1.13. The van der Waals surface area contributed by atoms with Crippen molar-refractivity contribution in [2.75, 3.05) is 0 Å². The van der Waals surface area contributed by atoms with Crippen molar-refractivity contribution >= 4 is 23.2 Å². The highest BCUT2D eigenvalue weighted by molar-refractivity contribution is 6.29. The summed E-state index contributed by atoms with van der Waals surface area (Å²) in [4.78, 5) is 14.5. The molecule has 66 valence electrons. The molecule has 2 aromatic heterocycles. The first-order chi connectivity index (χ1) is 6.20. The van der Waals surface area contributed by atoms with Crippen LogP contribution in [0.15, 0.2) is 18.5 Å². The molecule has 0 aliphatic carbocycles. The number of carbonyl (C=O) groups is 1. The number of hydrogen-bond acceptors (Lipinski definition) is 3. The lowest BCUT2D eigenvalue weighted by atomic mass is 10.3. The monoisotopic (exact) mass is 197 g/mol. The lowest BCUT2D eigenvalue weighted by molar-refractivity contribution is 0.0698. The van der Waals surface area contributed by atoms with Gasteiger partial charge in [-0.15, -0.1) is 0 Å². The Morgan fingerprint density at radius 3 is 3.00 bits per heavy atom. The van der Waals surface area contributed by atoms with E-state index >= 15 is 0 Å². The number of pyridine rings is 1. The average Bonchev–Trinajstić information content (AvgIpc) is 2.53. The van der Waals surface area contributed by atoms with Gasteiger partial charge in [-0.05, 0) is 12.1 Å². The second kappa shape index (κ2) is 2.70. The summed E-state index contributed by atoms with van der Waals surface area (Å²) in [5.41, 5.74) is 0.335. The summed E-state index contributed by atoms with van der Waals surface area (Å²) in [7, 11) is 0. The minimum Gasteiger partial charge on any atom is -0.478 e. The van der Waals surface area contributed by atoms with Crippen molar-refractivity contribution in [3.63, 3.8) is 0 Å². The molecular weight excluding hydrogens is 194 g/mol. The van der Waals surface area contributed by atoms with E-state index in [0.29, 0.717) is 5.15 Å². The predicted octanol–water partition coefficient (Wildman–Crippen LogP) is 1.08. The minimum atomic E-state index is -1.05. The van der Waals surface area contributed by atoms with Crippen LogP contribution in [-0.4, -0.2) is 25.7 Å². The van der Waals surface area contributed by atoms with Crippen molar-refractivity contribution in [2.45, 2.75) is 0 Å². The zero-order chi connectivity index (χ0) is 9.42. The molecule has 0 aliphatic heterocycles. The van der Waals surface area contributed by atoms with Crippen LogP contribution in [-0.2, 0) is 0 Å². The van der Waals surface area contributed by atoms with Gasteiger partial charge in [0.2, 0.25) is 0 Å². The molecule has 0 saturated heterocycles. The molecule has 5 nitrogen and oxygen atoms in total. The molecule has 13 heavy (non-hydrogen) atoms. The molecule has 2 rings (SSSR count). The van der Waals surface area contributed by atoms with Crippen LogP contribution >= 0.6 is 11.6 Å². The van der Waals surface area contributed by atoms with Gasteiger partial charge in [0.1, 0.15) is 17.0 Å². The van der Waals surface area contributed by atoms with Gasteiger partial charge in [-0.3, -0.25) is 0 Å². The Labute approximate surface area is 77.6 Å². The fourth-order valence-electron chi connectivity index (χ4n) is 1.05. The number of aromatic carboxylic acids is 1. The van der Waals surface area contributed by atoms with E-state index in [9.17, 15) is 4.79 Å². The lowest BCUT2D eigenvalue weighted by Crippen LogP contribution is -2.01. The quantitative estimate of drug-likeness (QED) is 0.695. The maximum absolute atomic E-state index is 10.7. The van der Waals surface area contributed by atoms with Crippen LogP contribution in [0.5, 0.6) is 0 Å². The van der Waals surface area contributed by atoms with Gasteiger partial charge < -0.3 is 5.11 Å². The largest absolute Gasteiger partial charge is 0.478 e. The Morgan fingerprint density at radius 1 is 1.54 bits per heavy atom. The van der Waals surface area contributed by atoms with E-state index in [4.69, 9.17) is 16.7 Å². The zero-order valence-electron chi connectivity index (χ0n) is 6.31. The molecule has 0 aromatic carbocycles. The number of aromatic nitrogens is 3. The molecule has 6 heteroatoms. The van der Waals surface area contributed by atoms with E-state index in [0.717, 1.165) is 0 Å². The second-order valence-corrected chi connectivity index (χ2v) is 2.76. The first-order valence-electron chi connectivity index (χ1n) is 3.41. The topological polar surface area (TPSA) is 67.5 Å². The van der Waals surface area contributed by atoms with Crippen LogP contribution in [0.4, 0.5) is 0 Å². The maximum atomic E-state index is 10.7. The molecule has 0 bridgehead atoms. The highest BCUT2D eigenvalue weighted by Crippen LogP contribution is 2.14. The summed E-state index contributed by atoms with van der Waals surface area (Å²) in [5, 5.41) is 12.9. The fourth-order valence-corrected chi connectivity index (χ4v) is 1.23. The van der Waals surface area contributed by atoms with Crippen LogP contribution in [0.1, 0.15) is 10.4 Å². The smallest absolute Gasteiger partial charge is 0.339 e. The highest BCUT2D eigenvalue weighted by atomic mass is 35.5. The van der Waals surface area contributed by atoms with E-state index in [1.54, 1.807) is 0 Å². The van der Waals surface area contributed by atoms with Gasteiger partial charge in [-0.1, -0.05) is 11.6 Å². The number of carboxylic acid groups (broad SMARTS) is 1. The summed E-state index contributed by atoms with van der Waals surface area (Å²) in [6.45, 7) is 0. The molecular formula is C7H4ClN3O2. The van der Waals surface area contributed by atoms with Crippen LogP contribution in [0.25, 0.3) is 5.65 Å². The molecule has 0 radical (unpaired) electrons. The molecule has 2 heterocycles. The average molecular weight is 198 g/mol. The number of hydrogen-bond donors (Lipinski definition) is 1.